The van der Waals surface area contributed by atoms with Crippen molar-refractivity contribution in [1.29, 1.82) is 5.26 Å². The van der Waals surface area contributed by atoms with Crippen molar-refractivity contribution in [3.05, 3.63) is 34.9 Å². The number of carbonyl (C=O) groups is 1. The Labute approximate surface area is 89.5 Å². The molecule has 0 heterocycles. The summed E-state index contributed by atoms with van der Waals surface area (Å²) in [4.78, 5) is 12.1. The van der Waals surface area contributed by atoms with Crippen LogP contribution in [0.2, 0.25) is 0 Å². The highest BCUT2D eigenvalue weighted by Gasteiger charge is 2.33. The summed E-state index contributed by atoms with van der Waals surface area (Å²) in [6.07, 6.45) is 1.76. The molecule has 15 heavy (non-hydrogen) atoms. The molecule has 0 atom stereocenters. The molecule has 2 nitrogen and oxygen atoms in total. The molecule has 1 aromatic carbocycles. The first-order chi connectivity index (χ1) is 7.04. The highest BCUT2D eigenvalue weighted by atomic mass is 16.1. The SMILES string of the molecule is CC1(C)CCc2cc(C#N)ccc2C1=O. The highest BCUT2D eigenvalue weighted by molar-refractivity contribution is 6.02. The predicted octanol–water partition coefficient (Wildman–Crippen LogP) is 2.71. The fourth-order valence-corrected chi connectivity index (χ4v) is 2.02. The molecule has 1 aliphatic rings. The van der Waals surface area contributed by atoms with Crippen LogP contribution in [0.25, 0.3) is 0 Å². The van der Waals surface area contributed by atoms with Crippen LogP contribution < -0.4 is 0 Å². The maximum Gasteiger partial charge on any atom is 0.168 e. The lowest BCUT2D eigenvalue weighted by atomic mass is 9.73. The Morgan fingerprint density at radius 1 is 1.40 bits per heavy atom. The van der Waals surface area contributed by atoms with E-state index in [1.807, 2.05) is 19.9 Å². The van der Waals surface area contributed by atoms with E-state index in [1.165, 1.54) is 0 Å². The van der Waals surface area contributed by atoms with Crippen molar-refractivity contribution in [2.75, 3.05) is 0 Å². The molecule has 0 bridgehead atoms. The third-order valence-electron chi connectivity index (χ3n) is 3.11. The topological polar surface area (TPSA) is 40.9 Å². The average Bonchev–Trinajstić information content (AvgIpc) is 2.23. The van der Waals surface area contributed by atoms with Crippen molar-refractivity contribution in [3.63, 3.8) is 0 Å². The van der Waals surface area contributed by atoms with Gasteiger partial charge in [-0.15, -0.1) is 0 Å². The van der Waals surface area contributed by atoms with Crippen LogP contribution in [0.15, 0.2) is 18.2 Å². The number of hydrogen-bond acceptors (Lipinski definition) is 2. The first kappa shape index (κ1) is 9.92. The number of rotatable bonds is 0. The van der Waals surface area contributed by atoms with Crippen molar-refractivity contribution in [2.45, 2.75) is 26.7 Å². The van der Waals surface area contributed by atoms with E-state index in [1.54, 1.807) is 12.1 Å². The third kappa shape index (κ3) is 1.55. The molecule has 2 heteroatoms. The number of benzene rings is 1. The fraction of sp³-hybridized carbons (Fsp3) is 0.385. The van der Waals surface area contributed by atoms with Crippen molar-refractivity contribution in [2.24, 2.45) is 5.41 Å². The summed E-state index contributed by atoms with van der Waals surface area (Å²) >= 11 is 0. The lowest BCUT2D eigenvalue weighted by molar-refractivity contribution is 0.0811. The van der Waals surface area contributed by atoms with E-state index < -0.39 is 0 Å². The molecule has 0 fully saturated rings. The molecule has 0 aliphatic heterocycles. The Morgan fingerprint density at radius 2 is 2.13 bits per heavy atom. The molecule has 0 N–H and O–H groups in total. The van der Waals surface area contributed by atoms with Crippen LogP contribution in [0, 0.1) is 16.7 Å². The number of aryl methyl sites for hydroxylation is 1. The predicted molar refractivity (Wildman–Crippen MR) is 57.6 cm³/mol. The zero-order chi connectivity index (χ0) is 11.1. The molecule has 0 radical (unpaired) electrons. The average molecular weight is 199 g/mol. The van der Waals surface area contributed by atoms with Crippen molar-refractivity contribution < 1.29 is 4.79 Å². The van der Waals surface area contributed by atoms with E-state index in [2.05, 4.69) is 6.07 Å². The van der Waals surface area contributed by atoms with Crippen molar-refractivity contribution in [1.82, 2.24) is 0 Å². The lowest BCUT2D eigenvalue weighted by Gasteiger charge is -2.29. The van der Waals surface area contributed by atoms with Crippen molar-refractivity contribution in [3.8, 4) is 6.07 Å². The lowest BCUT2D eigenvalue weighted by Crippen LogP contribution is -2.30. The van der Waals surface area contributed by atoms with Gasteiger partial charge in [0.25, 0.3) is 0 Å². The summed E-state index contributed by atoms with van der Waals surface area (Å²) < 4.78 is 0. The van der Waals surface area contributed by atoms with Gasteiger partial charge in [0.05, 0.1) is 11.6 Å². The van der Waals surface area contributed by atoms with Crippen LogP contribution >= 0.6 is 0 Å². The number of hydrogen-bond donors (Lipinski definition) is 0. The summed E-state index contributed by atoms with van der Waals surface area (Å²) in [6, 6.07) is 7.45. The molecule has 0 aromatic heterocycles. The van der Waals surface area contributed by atoms with Gasteiger partial charge in [0, 0.05) is 11.0 Å². The van der Waals surface area contributed by atoms with Gasteiger partial charge in [0.2, 0.25) is 0 Å². The summed E-state index contributed by atoms with van der Waals surface area (Å²) in [5.74, 6) is 0.202. The molecule has 1 aromatic rings. The molecule has 0 unspecified atom stereocenters. The molecule has 1 aliphatic carbocycles. The maximum absolute atomic E-state index is 12.1. The number of nitrogens with zero attached hydrogens (tertiary/aromatic N) is 1. The summed E-state index contributed by atoms with van der Waals surface area (Å²) in [5, 5.41) is 8.77. The largest absolute Gasteiger partial charge is 0.294 e. The monoisotopic (exact) mass is 199 g/mol. The second-order valence-electron chi connectivity index (χ2n) is 4.70. The highest BCUT2D eigenvalue weighted by Crippen LogP contribution is 2.34. The van der Waals surface area contributed by atoms with Gasteiger partial charge in [-0.05, 0) is 36.6 Å². The van der Waals surface area contributed by atoms with E-state index in [0.29, 0.717) is 5.56 Å². The van der Waals surface area contributed by atoms with E-state index in [9.17, 15) is 4.79 Å². The van der Waals surface area contributed by atoms with Gasteiger partial charge < -0.3 is 0 Å². The molecule has 0 amide bonds. The van der Waals surface area contributed by atoms with Gasteiger partial charge in [-0.1, -0.05) is 13.8 Å². The quantitative estimate of drug-likeness (QED) is 0.644. The van der Waals surface area contributed by atoms with E-state index in [-0.39, 0.29) is 11.2 Å². The van der Waals surface area contributed by atoms with Gasteiger partial charge >= 0.3 is 0 Å². The van der Waals surface area contributed by atoms with Crippen LogP contribution in [0.4, 0.5) is 0 Å². The number of ketones is 1. The van der Waals surface area contributed by atoms with Crippen molar-refractivity contribution >= 4 is 5.78 Å². The minimum atomic E-state index is -0.249. The Hall–Kier alpha value is -1.62. The second kappa shape index (κ2) is 3.20. The third-order valence-corrected chi connectivity index (χ3v) is 3.11. The molecular formula is C13H13NO. The Balaban J connectivity index is 2.52. The Morgan fingerprint density at radius 3 is 2.80 bits per heavy atom. The normalized spacial score (nSPS) is 18.1. The number of Topliss-reactive ketones (excluding diaryl/α,β-unsaturated/α-hetero) is 1. The van der Waals surface area contributed by atoms with Crippen LogP contribution in [0.1, 0.15) is 41.8 Å². The first-order valence-corrected chi connectivity index (χ1v) is 5.12. The van der Waals surface area contributed by atoms with Crippen LogP contribution in [-0.2, 0) is 6.42 Å². The standard InChI is InChI=1S/C13H13NO/c1-13(2)6-5-10-7-9(8-14)3-4-11(10)12(13)15/h3-4,7H,5-6H2,1-2H3. The zero-order valence-electron chi connectivity index (χ0n) is 9.00. The molecule has 76 valence electrons. The van der Waals surface area contributed by atoms with Gasteiger partial charge in [0.15, 0.2) is 5.78 Å². The van der Waals surface area contributed by atoms with E-state index in [0.717, 1.165) is 24.0 Å². The zero-order valence-corrected chi connectivity index (χ0v) is 9.00. The molecule has 0 saturated carbocycles. The number of fused-ring (bicyclic) bond motifs is 1. The van der Waals surface area contributed by atoms with E-state index >= 15 is 0 Å². The molecule has 0 saturated heterocycles. The smallest absolute Gasteiger partial charge is 0.168 e. The summed E-state index contributed by atoms with van der Waals surface area (Å²) in [6.45, 7) is 3.97. The molecule has 2 rings (SSSR count). The van der Waals surface area contributed by atoms with Gasteiger partial charge in [-0.2, -0.15) is 5.26 Å². The molecular weight excluding hydrogens is 186 g/mol. The van der Waals surface area contributed by atoms with E-state index in [4.69, 9.17) is 5.26 Å². The van der Waals surface area contributed by atoms with Crippen LogP contribution in [-0.4, -0.2) is 5.78 Å². The second-order valence-corrected chi connectivity index (χ2v) is 4.70. The number of carbonyl (C=O) groups excluding carboxylic acids is 1. The Bertz CT molecular complexity index is 466. The number of nitriles is 1. The summed E-state index contributed by atoms with van der Waals surface area (Å²) in [5.41, 5.74) is 2.21. The van der Waals surface area contributed by atoms with Gasteiger partial charge in [-0.25, -0.2) is 0 Å². The van der Waals surface area contributed by atoms with Crippen LogP contribution in [0.3, 0.4) is 0 Å². The molecule has 0 spiro atoms. The van der Waals surface area contributed by atoms with Crippen LogP contribution in [0.5, 0.6) is 0 Å². The Kier molecular flexibility index (Phi) is 2.12. The minimum absolute atomic E-state index is 0.202. The fourth-order valence-electron chi connectivity index (χ4n) is 2.02. The maximum atomic E-state index is 12.1. The minimum Gasteiger partial charge on any atom is -0.294 e. The van der Waals surface area contributed by atoms with Gasteiger partial charge in [-0.3, -0.25) is 4.79 Å². The summed E-state index contributed by atoms with van der Waals surface area (Å²) in [7, 11) is 0. The van der Waals surface area contributed by atoms with Gasteiger partial charge in [0.1, 0.15) is 0 Å². The first-order valence-electron chi connectivity index (χ1n) is 5.12.